The van der Waals surface area contributed by atoms with E-state index in [1.807, 2.05) is 30.3 Å². The molecule has 0 spiro atoms. The van der Waals surface area contributed by atoms with Crippen molar-refractivity contribution >= 4 is 17.3 Å². The van der Waals surface area contributed by atoms with Crippen LogP contribution < -0.4 is 4.74 Å². The van der Waals surface area contributed by atoms with Gasteiger partial charge in [0.25, 0.3) is 0 Å². The second-order valence-electron chi connectivity index (χ2n) is 6.17. The van der Waals surface area contributed by atoms with E-state index in [-0.39, 0.29) is 0 Å². The van der Waals surface area contributed by atoms with Gasteiger partial charge in [0.1, 0.15) is 5.75 Å². The molecule has 0 aliphatic heterocycles. The molecule has 1 aromatic rings. The molecule has 1 fully saturated rings. The number of benzene rings is 1. The van der Waals surface area contributed by atoms with Gasteiger partial charge in [-0.2, -0.15) is 0 Å². The minimum absolute atomic E-state index is 0.430. The monoisotopic (exact) mass is 276 g/mol. The quantitative estimate of drug-likeness (QED) is 0.710. The lowest BCUT2D eigenvalue weighted by atomic mass is 9.70. The van der Waals surface area contributed by atoms with Gasteiger partial charge in [0.15, 0.2) is 5.05 Å². The van der Waals surface area contributed by atoms with Gasteiger partial charge in [-0.3, -0.25) is 0 Å². The molecule has 0 heterocycles. The maximum atomic E-state index is 5.91. The van der Waals surface area contributed by atoms with Gasteiger partial charge in [0, 0.05) is 5.92 Å². The van der Waals surface area contributed by atoms with E-state index in [9.17, 15) is 0 Å². The van der Waals surface area contributed by atoms with E-state index in [0.717, 1.165) is 16.7 Å². The molecule has 1 nitrogen and oxygen atoms in total. The standard InChI is InChI=1S/C17H24OS/c1-12(2)15-10-9-13(3)11-16(15)17(19)18-14-7-5-4-6-8-14/h4-8,12-13,15-16H,9-11H2,1-3H3/t13-,15+,16-/m1/s1. The van der Waals surface area contributed by atoms with Gasteiger partial charge < -0.3 is 4.74 Å². The second-order valence-corrected chi connectivity index (χ2v) is 6.57. The van der Waals surface area contributed by atoms with Crippen LogP contribution >= 0.6 is 12.2 Å². The van der Waals surface area contributed by atoms with Crippen LogP contribution in [0.3, 0.4) is 0 Å². The van der Waals surface area contributed by atoms with Gasteiger partial charge in [0.05, 0.1) is 0 Å². The summed E-state index contributed by atoms with van der Waals surface area (Å²) >= 11 is 5.58. The van der Waals surface area contributed by atoms with Gasteiger partial charge in [0.2, 0.25) is 0 Å². The Labute approximate surface area is 122 Å². The van der Waals surface area contributed by atoms with Crippen LogP contribution in [0, 0.1) is 23.7 Å². The van der Waals surface area contributed by atoms with Crippen molar-refractivity contribution in [3.63, 3.8) is 0 Å². The fraction of sp³-hybridized carbons (Fsp3) is 0.588. The lowest BCUT2D eigenvalue weighted by molar-refractivity contribution is 0.181. The van der Waals surface area contributed by atoms with Gasteiger partial charge in [-0.05, 0) is 54.9 Å². The Morgan fingerprint density at radius 1 is 1.21 bits per heavy atom. The van der Waals surface area contributed by atoms with Crippen molar-refractivity contribution in [3.8, 4) is 5.75 Å². The molecule has 3 atom stereocenters. The Kier molecular flexibility index (Phi) is 4.98. The molecule has 19 heavy (non-hydrogen) atoms. The highest BCUT2D eigenvalue weighted by Gasteiger charge is 2.34. The molecular formula is C17H24OS. The highest BCUT2D eigenvalue weighted by atomic mass is 32.1. The molecule has 2 heteroatoms. The van der Waals surface area contributed by atoms with Gasteiger partial charge in [-0.15, -0.1) is 0 Å². The van der Waals surface area contributed by atoms with Crippen LogP contribution in [-0.2, 0) is 0 Å². The zero-order chi connectivity index (χ0) is 13.8. The van der Waals surface area contributed by atoms with E-state index < -0.39 is 0 Å². The van der Waals surface area contributed by atoms with Crippen molar-refractivity contribution in [1.29, 1.82) is 0 Å². The first-order valence-corrected chi connectivity index (χ1v) is 7.75. The summed E-state index contributed by atoms with van der Waals surface area (Å²) in [7, 11) is 0. The summed E-state index contributed by atoms with van der Waals surface area (Å²) in [6.07, 6.45) is 3.78. The first-order valence-electron chi connectivity index (χ1n) is 7.34. The number of hydrogen-bond donors (Lipinski definition) is 0. The molecule has 104 valence electrons. The summed E-state index contributed by atoms with van der Waals surface area (Å²) in [5.41, 5.74) is 0. The summed E-state index contributed by atoms with van der Waals surface area (Å²) in [6.45, 7) is 6.94. The molecule has 0 amide bonds. The Bertz CT molecular complexity index is 413. The number of thiocarbonyl (C=S) groups is 1. The van der Waals surface area contributed by atoms with Crippen LogP contribution in [0.15, 0.2) is 30.3 Å². The van der Waals surface area contributed by atoms with Gasteiger partial charge in [-0.1, -0.05) is 45.4 Å². The summed E-state index contributed by atoms with van der Waals surface area (Å²) in [6, 6.07) is 9.92. The average Bonchev–Trinajstić information content (AvgIpc) is 2.39. The van der Waals surface area contributed by atoms with E-state index in [1.54, 1.807) is 0 Å². The van der Waals surface area contributed by atoms with Crippen LogP contribution in [0.5, 0.6) is 5.75 Å². The molecule has 1 aromatic carbocycles. The summed E-state index contributed by atoms with van der Waals surface area (Å²) in [5.74, 6) is 3.41. The molecule has 1 saturated carbocycles. The predicted molar refractivity (Wildman–Crippen MR) is 84.5 cm³/mol. The highest BCUT2D eigenvalue weighted by molar-refractivity contribution is 7.80. The second kappa shape index (κ2) is 6.51. The predicted octanol–water partition coefficient (Wildman–Crippen LogP) is 5.10. The fourth-order valence-electron chi connectivity index (χ4n) is 3.15. The van der Waals surface area contributed by atoms with Crippen LogP contribution in [0.4, 0.5) is 0 Å². The number of hydrogen-bond acceptors (Lipinski definition) is 2. The maximum Gasteiger partial charge on any atom is 0.170 e. The molecule has 0 N–H and O–H groups in total. The SMILES string of the molecule is CC(C)[C@@H]1CC[C@@H](C)C[C@H]1C(=S)Oc1ccccc1. The lowest BCUT2D eigenvalue weighted by Crippen LogP contribution is -2.34. The largest absolute Gasteiger partial charge is 0.450 e. The zero-order valence-corrected chi connectivity index (χ0v) is 13.0. The van der Waals surface area contributed by atoms with Crippen LogP contribution in [0.1, 0.15) is 40.0 Å². The van der Waals surface area contributed by atoms with Crippen molar-refractivity contribution < 1.29 is 4.74 Å². The minimum atomic E-state index is 0.430. The van der Waals surface area contributed by atoms with Crippen molar-refractivity contribution in [1.82, 2.24) is 0 Å². The van der Waals surface area contributed by atoms with Gasteiger partial charge in [-0.25, -0.2) is 0 Å². The molecule has 1 aliphatic carbocycles. The Morgan fingerprint density at radius 3 is 2.53 bits per heavy atom. The first kappa shape index (κ1) is 14.5. The third-order valence-electron chi connectivity index (χ3n) is 4.29. The highest BCUT2D eigenvalue weighted by Crippen LogP contribution is 2.39. The van der Waals surface area contributed by atoms with Crippen LogP contribution in [-0.4, -0.2) is 5.05 Å². The zero-order valence-electron chi connectivity index (χ0n) is 12.1. The van der Waals surface area contributed by atoms with Crippen molar-refractivity contribution in [2.45, 2.75) is 40.0 Å². The molecule has 0 aromatic heterocycles. The summed E-state index contributed by atoms with van der Waals surface area (Å²) < 4.78 is 5.91. The summed E-state index contributed by atoms with van der Waals surface area (Å²) in [4.78, 5) is 0. The molecule has 0 bridgehead atoms. The first-order chi connectivity index (χ1) is 9.08. The third-order valence-corrected chi connectivity index (χ3v) is 4.67. The molecule has 1 aliphatic rings. The Hall–Kier alpha value is -0.890. The van der Waals surface area contributed by atoms with Crippen LogP contribution in [0.2, 0.25) is 0 Å². The van der Waals surface area contributed by atoms with Crippen molar-refractivity contribution in [3.05, 3.63) is 30.3 Å². The molecule has 0 saturated heterocycles. The van der Waals surface area contributed by atoms with Crippen molar-refractivity contribution in [2.24, 2.45) is 23.7 Å². The van der Waals surface area contributed by atoms with Crippen molar-refractivity contribution in [2.75, 3.05) is 0 Å². The minimum Gasteiger partial charge on any atom is -0.450 e. The Morgan fingerprint density at radius 2 is 1.89 bits per heavy atom. The Balaban J connectivity index is 2.06. The van der Waals surface area contributed by atoms with E-state index in [1.165, 1.54) is 19.3 Å². The van der Waals surface area contributed by atoms with E-state index >= 15 is 0 Å². The average molecular weight is 276 g/mol. The van der Waals surface area contributed by atoms with E-state index in [4.69, 9.17) is 17.0 Å². The number of para-hydroxylation sites is 1. The van der Waals surface area contributed by atoms with E-state index in [0.29, 0.717) is 17.8 Å². The normalized spacial score (nSPS) is 27.3. The molecule has 2 rings (SSSR count). The summed E-state index contributed by atoms with van der Waals surface area (Å²) in [5, 5.41) is 0.788. The van der Waals surface area contributed by atoms with E-state index in [2.05, 4.69) is 20.8 Å². The smallest absolute Gasteiger partial charge is 0.170 e. The topological polar surface area (TPSA) is 9.23 Å². The molecule has 0 radical (unpaired) electrons. The van der Waals surface area contributed by atoms with Gasteiger partial charge >= 0.3 is 0 Å². The maximum absolute atomic E-state index is 5.91. The third kappa shape index (κ3) is 3.79. The molecular weight excluding hydrogens is 252 g/mol. The number of rotatable bonds is 3. The van der Waals surface area contributed by atoms with Crippen LogP contribution in [0.25, 0.3) is 0 Å². The lowest BCUT2D eigenvalue weighted by Gasteiger charge is -2.37. The fourth-order valence-corrected chi connectivity index (χ4v) is 3.52. The molecule has 0 unspecified atom stereocenters. The number of ether oxygens (including phenoxy) is 1.